The van der Waals surface area contributed by atoms with Gasteiger partial charge in [-0.25, -0.2) is 4.98 Å². The van der Waals surface area contributed by atoms with Crippen LogP contribution in [0.3, 0.4) is 0 Å². The Kier molecular flexibility index (Phi) is 6.87. The van der Waals surface area contributed by atoms with Crippen LogP contribution in [0.5, 0.6) is 0 Å². The molecule has 3 aliphatic rings. The van der Waals surface area contributed by atoms with Gasteiger partial charge in [0.05, 0.1) is 11.1 Å². The van der Waals surface area contributed by atoms with Crippen LogP contribution in [-0.4, -0.2) is 65.5 Å². The SMILES string of the molecule is C/C(=N/OCc1ccccc1)C1CN(C(=O)/C=C/c2cnc3c(c2)CC2(CCN(C)CC2)C(=O)N3)C1. The number of anilines is 1. The number of hydrogen-bond acceptors (Lipinski definition) is 6. The second-order valence-corrected chi connectivity index (χ2v) is 10.3. The number of oxime groups is 1. The van der Waals surface area contributed by atoms with E-state index in [0.717, 1.165) is 48.3 Å². The van der Waals surface area contributed by atoms with E-state index in [1.54, 1.807) is 17.2 Å². The number of nitrogens with zero attached hydrogens (tertiary/aromatic N) is 4. The molecular weight excluding hydrogens is 454 g/mol. The van der Waals surface area contributed by atoms with Crippen LogP contribution in [0.4, 0.5) is 5.82 Å². The number of fused-ring (bicyclic) bond motifs is 1. The molecule has 188 valence electrons. The molecular formula is C28H33N5O3. The van der Waals surface area contributed by atoms with Crippen molar-refractivity contribution in [1.29, 1.82) is 0 Å². The maximum absolute atomic E-state index is 12.8. The lowest BCUT2D eigenvalue weighted by Gasteiger charge is -2.42. The van der Waals surface area contributed by atoms with E-state index >= 15 is 0 Å². The largest absolute Gasteiger partial charge is 0.391 e. The van der Waals surface area contributed by atoms with Gasteiger partial charge in [-0.1, -0.05) is 35.5 Å². The second kappa shape index (κ2) is 10.2. The predicted octanol–water partition coefficient (Wildman–Crippen LogP) is 3.35. The molecule has 8 heteroatoms. The molecule has 2 aromatic rings. The van der Waals surface area contributed by atoms with Crippen LogP contribution in [0.2, 0.25) is 0 Å². The fourth-order valence-electron chi connectivity index (χ4n) is 5.06. The average molecular weight is 488 g/mol. The zero-order chi connectivity index (χ0) is 25.1. The molecule has 1 N–H and O–H groups in total. The van der Waals surface area contributed by atoms with Crippen molar-refractivity contribution in [3.8, 4) is 0 Å². The molecule has 0 bridgehead atoms. The third kappa shape index (κ3) is 5.18. The average Bonchev–Trinajstić information content (AvgIpc) is 2.85. The lowest BCUT2D eigenvalue weighted by molar-refractivity contribution is -0.130. The summed E-state index contributed by atoms with van der Waals surface area (Å²) < 4.78 is 0. The fourth-order valence-corrected chi connectivity index (χ4v) is 5.06. The number of benzene rings is 1. The van der Waals surface area contributed by atoms with Crippen molar-refractivity contribution >= 4 is 29.4 Å². The van der Waals surface area contributed by atoms with Crippen LogP contribution < -0.4 is 5.32 Å². The normalized spacial score (nSPS) is 20.2. The van der Waals surface area contributed by atoms with E-state index in [1.165, 1.54) is 0 Å². The van der Waals surface area contributed by atoms with Crippen molar-refractivity contribution in [2.24, 2.45) is 16.5 Å². The highest BCUT2D eigenvalue weighted by atomic mass is 16.6. The van der Waals surface area contributed by atoms with Crippen LogP contribution in [0, 0.1) is 11.3 Å². The fraction of sp³-hybridized carbons (Fsp3) is 0.429. The van der Waals surface area contributed by atoms with Gasteiger partial charge in [-0.05, 0) is 75.2 Å². The minimum Gasteiger partial charge on any atom is -0.391 e. The van der Waals surface area contributed by atoms with Gasteiger partial charge in [-0.2, -0.15) is 0 Å². The molecule has 4 heterocycles. The summed E-state index contributed by atoms with van der Waals surface area (Å²) in [5.74, 6) is 0.925. The third-order valence-electron chi connectivity index (χ3n) is 7.66. The molecule has 36 heavy (non-hydrogen) atoms. The Balaban J connectivity index is 1.14. The molecule has 1 spiro atoms. The summed E-state index contributed by atoms with van der Waals surface area (Å²) in [6.07, 6.45) is 7.51. The smallest absolute Gasteiger partial charge is 0.246 e. The summed E-state index contributed by atoms with van der Waals surface area (Å²) in [6.45, 7) is 5.50. The van der Waals surface area contributed by atoms with Crippen LogP contribution in [0.25, 0.3) is 6.08 Å². The number of aromatic nitrogens is 1. The van der Waals surface area contributed by atoms with E-state index in [4.69, 9.17) is 4.84 Å². The molecule has 1 aromatic carbocycles. The first-order chi connectivity index (χ1) is 17.4. The summed E-state index contributed by atoms with van der Waals surface area (Å²) in [4.78, 5) is 39.5. The third-order valence-corrected chi connectivity index (χ3v) is 7.66. The van der Waals surface area contributed by atoms with Gasteiger partial charge in [0.15, 0.2) is 0 Å². The summed E-state index contributed by atoms with van der Waals surface area (Å²) in [6, 6.07) is 12.0. The van der Waals surface area contributed by atoms with E-state index in [9.17, 15) is 9.59 Å². The van der Waals surface area contributed by atoms with Crippen LogP contribution in [-0.2, 0) is 27.5 Å². The number of rotatable bonds is 6. The quantitative estimate of drug-likeness (QED) is 0.384. The van der Waals surface area contributed by atoms with E-state index in [1.807, 2.05) is 49.4 Å². The molecule has 3 aliphatic heterocycles. The zero-order valence-electron chi connectivity index (χ0n) is 20.9. The van der Waals surface area contributed by atoms with Crippen LogP contribution >= 0.6 is 0 Å². The van der Waals surface area contributed by atoms with Crippen molar-refractivity contribution in [3.05, 3.63) is 65.4 Å². The number of carbonyl (C=O) groups is 2. The molecule has 0 unspecified atom stereocenters. The lowest BCUT2D eigenvalue weighted by Crippen LogP contribution is -2.52. The first-order valence-electron chi connectivity index (χ1n) is 12.6. The zero-order valence-corrected chi connectivity index (χ0v) is 20.9. The predicted molar refractivity (Wildman–Crippen MR) is 139 cm³/mol. The Hall–Kier alpha value is -3.52. The first kappa shape index (κ1) is 24.2. The van der Waals surface area contributed by atoms with Crippen molar-refractivity contribution < 1.29 is 14.4 Å². The summed E-state index contributed by atoms with van der Waals surface area (Å²) in [5.41, 5.74) is 3.54. The van der Waals surface area contributed by atoms with E-state index in [0.29, 0.717) is 31.9 Å². The highest BCUT2D eigenvalue weighted by Crippen LogP contribution is 2.40. The van der Waals surface area contributed by atoms with Crippen LogP contribution in [0.1, 0.15) is 36.5 Å². The molecule has 1 aromatic heterocycles. The monoisotopic (exact) mass is 487 g/mol. The van der Waals surface area contributed by atoms with Gasteiger partial charge < -0.3 is 20.0 Å². The molecule has 0 radical (unpaired) electrons. The molecule has 8 nitrogen and oxygen atoms in total. The number of nitrogens with one attached hydrogen (secondary N) is 1. The molecule has 2 amide bonds. The van der Waals surface area contributed by atoms with Gasteiger partial charge >= 0.3 is 0 Å². The Labute approximate surface area is 212 Å². The number of carbonyl (C=O) groups excluding carboxylic acids is 2. The van der Waals surface area contributed by atoms with Crippen LogP contribution in [0.15, 0.2) is 53.8 Å². The van der Waals surface area contributed by atoms with Gasteiger partial charge in [0.1, 0.15) is 12.4 Å². The van der Waals surface area contributed by atoms with E-state index < -0.39 is 0 Å². The van der Waals surface area contributed by atoms with Gasteiger partial charge in [0.2, 0.25) is 11.8 Å². The van der Waals surface area contributed by atoms with Gasteiger partial charge in [0.25, 0.3) is 0 Å². The minimum absolute atomic E-state index is 0.0259. The molecule has 0 saturated carbocycles. The standard InChI is InChI=1S/C28H33N5O3/c1-20(31-36-19-21-6-4-3-5-7-21)24-17-33(18-24)25(34)9-8-22-14-23-15-28(10-12-32(2)13-11-28)27(35)30-26(23)29-16-22/h3-9,14,16,24H,10-13,15,17-19H2,1-2H3,(H,29,30,35)/b9-8+,31-20-. The van der Waals surface area contributed by atoms with E-state index in [2.05, 4.69) is 27.4 Å². The lowest BCUT2D eigenvalue weighted by atomic mass is 9.71. The number of hydrogen-bond donors (Lipinski definition) is 1. The number of pyridine rings is 1. The van der Waals surface area contributed by atoms with Crippen molar-refractivity contribution in [2.45, 2.75) is 32.8 Å². The highest BCUT2D eigenvalue weighted by Gasteiger charge is 2.44. The Morgan fingerprint density at radius 3 is 2.75 bits per heavy atom. The molecule has 0 aliphatic carbocycles. The highest BCUT2D eigenvalue weighted by molar-refractivity contribution is 5.98. The maximum Gasteiger partial charge on any atom is 0.246 e. The minimum atomic E-state index is -0.351. The Morgan fingerprint density at radius 1 is 1.25 bits per heavy atom. The van der Waals surface area contributed by atoms with Crippen molar-refractivity contribution in [1.82, 2.24) is 14.8 Å². The summed E-state index contributed by atoms with van der Waals surface area (Å²) >= 11 is 0. The first-order valence-corrected chi connectivity index (χ1v) is 12.6. The topological polar surface area (TPSA) is 87.1 Å². The van der Waals surface area contributed by atoms with Gasteiger partial charge in [0, 0.05) is 31.3 Å². The maximum atomic E-state index is 12.8. The Bertz CT molecular complexity index is 1180. The second-order valence-electron chi connectivity index (χ2n) is 10.3. The molecule has 2 fully saturated rings. The van der Waals surface area contributed by atoms with Gasteiger partial charge in [-0.15, -0.1) is 0 Å². The number of likely N-dealkylation sites (tertiary alicyclic amines) is 2. The molecule has 2 saturated heterocycles. The Morgan fingerprint density at radius 2 is 2.00 bits per heavy atom. The van der Waals surface area contributed by atoms with E-state index in [-0.39, 0.29) is 23.1 Å². The van der Waals surface area contributed by atoms with Crippen molar-refractivity contribution in [3.63, 3.8) is 0 Å². The number of piperidine rings is 1. The molecule has 5 rings (SSSR count). The summed E-state index contributed by atoms with van der Waals surface area (Å²) in [5, 5.41) is 7.25. The van der Waals surface area contributed by atoms with Gasteiger partial charge in [-0.3, -0.25) is 9.59 Å². The number of amides is 2. The molecule has 0 atom stereocenters. The van der Waals surface area contributed by atoms with Crippen molar-refractivity contribution in [2.75, 3.05) is 38.5 Å². The summed E-state index contributed by atoms with van der Waals surface area (Å²) in [7, 11) is 2.09.